The molecule has 0 saturated heterocycles. The first-order valence-electron chi connectivity index (χ1n) is 2.89. The normalized spacial score (nSPS) is 7.90. The third-order valence-corrected chi connectivity index (χ3v) is 1.98. The second kappa shape index (κ2) is 11.9. The fourth-order valence-electron chi connectivity index (χ4n) is 0.0680. The van der Waals surface area contributed by atoms with Crippen LogP contribution in [-0.2, 0) is 4.79 Å². The molecule has 0 saturated carbocycles. The molecule has 0 fully saturated rings. The van der Waals surface area contributed by atoms with Crippen LogP contribution in [0.1, 0.15) is 20.3 Å². The van der Waals surface area contributed by atoms with Gasteiger partial charge in [0.15, 0.2) is 0 Å². The summed E-state index contributed by atoms with van der Waals surface area (Å²) in [5.74, 6) is 0.353. The largest absolute Gasteiger partial charge is 0.481 e. The second-order valence-corrected chi connectivity index (χ2v) is 3.54. The van der Waals surface area contributed by atoms with Gasteiger partial charge in [0, 0.05) is 12.2 Å². The summed E-state index contributed by atoms with van der Waals surface area (Å²) in [4.78, 5) is 9.37. The van der Waals surface area contributed by atoms with Gasteiger partial charge in [-0.15, -0.1) is 0 Å². The number of hydrogen-bond donors (Lipinski definition) is 2. The predicted molar refractivity (Wildman–Crippen MR) is 47.8 cm³/mol. The quantitative estimate of drug-likeness (QED) is 0.515. The van der Waals surface area contributed by atoms with Crippen LogP contribution in [0.3, 0.4) is 0 Å². The maximum atomic E-state index is 9.37. The molecule has 62 valence electrons. The lowest BCUT2D eigenvalue weighted by molar-refractivity contribution is -0.136. The molecule has 0 aromatic rings. The van der Waals surface area contributed by atoms with Crippen molar-refractivity contribution in [1.82, 2.24) is 0 Å². The minimum absolute atomic E-state index is 0.222. The SMILES string of the molecule is CCC(=O)O.CCSSN. The van der Waals surface area contributed by atoms with Crippen molar-refractivity contribution in [3.05, 3.63) is 0 Å². The van der Waals surface area contributed by atoms with Crippen LogP contribution >= 0.6 is 21.8 Å². The lowest BCUT2D eigenvalue weighted by atomic mass is 10.5. The van der Waals surface area contributed by atoms with Crippen molar-refractivity contribution < 1.29 is 9.90 Å². The number of carboxylic acid groups (broad SMARTS) is 1. The highest BCUT2D eigenvalue weighted by Gasteiger charge is 1.80. The van der Waals surface area contributed by atoms with E-state index in [1.165, 1.54) is 11.0 Å². The Hall–Kier alpha value is 0.130. The molecular formula is C5H13NO2S2. The van der Waals surface area contributed by atoms with E-state index in [-0.39, 0.29) is 6.42 Å². The Balaban J connectivity index is 0. The van der Waals surface area contributed by atoms with Crippen LogP contribution in [0.2, 0.25) is 0 Å². The van der Waals surface area contributed by atoms with Gasteiger partial charge >= 0.3 is 5.97 Å². The second-order valence-electron chi connectivity index (χ2n) is 1.25. The zero-order chi connectivity index (χ0) is 8.41. The van der Waals surface area contributed by atoms with Crippen molar-refractivity contribution in [3.8, 4) is 0 Å². The van der Waals surface area contributed by atoms with Crippen molar-refractivity contribution in [3.63, 3.8) is 0 Å². The Morgan fingerprint density at radius 3 is 2.00 bits per heavy atom. The summed E-state index contributed by atoms with van der Waals surface area (Å²) < 4.78 is 0. The van der Waals surface area contributed by atoms with E-state index in [4.69, 9.17) is 10.2 Å². The molecule has 0 radical (unpaired) electrons. The van der Waals surface area contributed by atoms with Crippen LogP contribution in [0.15, 0.2) is 0 Å². The van der Waals surface area contributed by atoms with Crippen LogP contribution in [-0.4, -0.2) is 16.8 Å². The molecule has 0 amide bonds. The average Bonchev–Trinajstić information content (AvgIpc) is 1.91. The number of carboxylic acids is 1. The summed E-state index contributed by atoms with van der Waals surface area (Å²) in [6, 6.07) is 0. The number of hydrogen-bond acceptors (Lipinski definition) is 4. The molecule has 3 nitrogen and oxygen atoms in total. The summed E-state index contributed by atoms with van der Waals surface area (Å²) in [5, 5.41) is 12.7. The molecular weight excluding hydrogens is 170 g/mol. The van der Waals surface area contributed by atoms with Gasteiger partial charge in [0.05, 0.1) is 0 Å². The Labute approximate surface area is 69.3 Å². The van der Waals surface area contributed by atoms with Crippen LogP contribution < -0.4 is 5.14 Å². The highest BCUT2D eigenvalue weighted by atomic mass is 33.1. The number of nitrogens with two attached hydrogens (primary N) is 1. The van der Waals surface area contributed by atoms with Gasteiger partial charge in [-0.2, -0.15) is 0 Å². The molecule has 5 heteroatoms. The summed E-state index contributed by atoms with van der Waals surface area (Å²) in [7, 11) is 2.98. The van der Waals surface area contributed by atoms with E-state index in [0.29, 0.717) is 0 Å². The van der Waals surface area contributed by atoms with Gasteiger partial charge in [0.25, 0.3) is 0 Å². The molecule has 0 aromatic carbocycles. The fourth-order valence-corrected chi connectivity index (χ4v) is 0.612. The first-order chi connectivity index (χ1) is 4.68. The summed E-state index contributed by atoms with van der Waals surface area (Å²) in [5.41, 5.74) is 0. The first kappa shape index (κ1) is 12.8. The zero-order valence-corrected chi connectivity index (χ0v) is 7.80. The highest BCUT2D eigenvalue weighted by Crippen LogP contribution is 2.10. The third-order valence-electron chi connectivity index (χ3n) is 0.488. The van der Waals surface area contributed by atoms with E-state index in [9.17, 15) is 4.79 Å². The van der Waals surface area contributed by atoms with E-state index in [2.05, 4.69) is 6.92 Å². The van der Waals surface area contributed by atoms with Crippen LogP contribution in [0, 0.1) is 0 Å². The van der Waals surface area contributed by atoms with Gasteiger partial charge in [-0.1, -0.05) is 24.6 Å². The smallest absolute Gasteiger partial charge is 0.303 e. The summed E-state index contributed by atoms with van der Waals surface area (Å²) in [6.45, 7) is 3.67. The van der Waals surface area contributed by atoms with Gasteiger partial charge in [0.1, 0.15) is 0 Å². The van der Waals surface area contributed by atoms with Gasteiger partial charge in [-0.3, -0.25) is 9.93 Å². The number of aliphatic carboxylic acids is 1. The van der Waals surface area contributed by atoms with E-state index < -0.39 is 5.97 Å². The molecule has 0 aliphatic carbocycles. The van der Waals surface area contributed by atoms with Crippen molar-refractivity contribution in [2.45, 2.75) is 20.3 Å². The van der Waals surface area contributed by atoms with E-state index in [0.717, 1.165) is 5.75 Å². The Morgan fingerprint density at radius 1 is 1.60 bits per heavy atom. The molecule has 0 spiro atoms. The van der Waals surface area contributed by atoms with E-state index in [1.54, 1.807) is 17.7 Å². The highest BCUT2D eigenvalue weighted by molar-refractivity contribution is 8.75. The third kappa shape index (κ3) is 24.2. The fraction of sp³-hybridized carbons (Fsp3) is 0.800. The Morgan fingerprint density at radius 2 is 2.00 bits per heavy atom. The molecule has 0 heterocycles. The molecule has 10 heavy (non-hydrogen) atoms. The Bertz CT molecular complexity index is 78.0. The summed E-state index contributed by atoms with van der Waals surface area (Å²) >= 11 is 0. The number of carbonyl (C=O) groups is 1. The van der Waals surface area contributed by atoms with Crippen molar-refractivity contribution >= 4 is 27.7 Å². The van der Waals surface area contributed by atoms with Crippen molar-refractivity contribution in [1.29, 1.82) is 0 Å². The lowest BCUT2D eigenvalue weighted by Crippen LogP contribution is -1.86. The van der Waals surface area contributed by atoms with Gasteiger partial charge in [-0.25, -0.2) is 0 Å². The predicted octanol–water partition coefficient (Wildman–Crippen LogP) is 1.74. The summed E-state index contributed by atoms with van der Waals surface area (Å²) in [6.07, 6.45) is 0.222. The van der Waals surface area contributed by atoms with Crippen LogP contribution in [0.25, 0.3) is 0 Å². The van der Waals surface area contributed by atoms with E-state index in [1.807, 2.05) is 0 Å². The minimum atomic E-state index is -0.745. The molecule has 0 aliphatic heterocycles. The zero-order valence-electron chi connectivity index (χ0n) is 6.16. The standard InChI is InChI=1S/C3H6O2.C2H7NS2/c1-2-3(4)5;1-2-4-5-3/h2H2,1H3,(H,4,5);2-3H2,1H3. The molecule has 3 N–H and O–H groups in total. The molecule has 0 bridgehead atoms. The van der Waals surface area contributed by atoms with E-state index >= 15 is 0 Å². The topological polar surface area (TPSA) is 63.3 Å². The van der Waals surface area contributed by atoms with Gasteiger partial charge in [0.2, 0.25) is 0 Å². The van der Waals surface area contributed by atoms with Gasteiger partial charge in [-0.05, 0) is 11.0 Å². The maximum absolute atomic E-state index is 9.37. The van der Waals surface area contributed by atoms with Crippen LogP contribution in [0.5, 0.6) is 0 Å². The average molecular weight is 183 g/mol. The lowest BCUT2D eigenvalue weighted by Gasteiger charge is -1.79. The molecule has 0 aliphatic rings. The molecule has 0 rings (SSSR count). The molecule has 0 atom stereocenters. The van der Waals surface area contributed by atoms with Crippen molar-refractivity contribution in [2.75, 3.05) is 5.75 Å². The maximum Gasteiger partial charge on any atom is 0.303 e. The number of rotatable bonds is 3. The molecule has 0 unspecified atom stereocenters. The van der Waals surface area contributed by atoms with Crippen LogP contribution in [0.4, 0.5) is 0 Å². The van der Waals surface area contributed by atoms with Gasteiger partial charge < -0.3 is 5.11 Å². The molecule has 0 aromatic heterocycles. The van der Waals surface area contributed by atoms with Crippen molar-refractivity contribution in [2.24, 2.45) is 5.14 Å². The first-order valence-corrected chi connectivity index (χ1v) is 5.27. The monoisotopic (exact) mass is 183 g/mol. The Kier molecular flexibility index (Phi) is 15.2. The minimum Gasteiger partial charge on any atom is -0.481 e.